The van der Waals surface area contributed by atoms with Crippen LogP contribution in [0.3, 0.4) is 0 Å². The van der Waals surface area contributed by atoms with Gasteiger partial charge >= 0.3 is 74.6 Å². The summed E-state index contributed by atoms with van der Waals surface area (Å²) < 4.78 is 19.5. The Bertz CT molecular complexity index is 167. The summed E-state index contributed by atoms with van der Waals surface area (Å²) in [6, 6.07) is 0. The molecule has 7 nitrogen and oxygen atoms in total. The van der Waals surface area contributed by atoms with Gasteiger partial charge in [-0.25, -0.2) is 9.13 Å². The van der Waals surface area contributed by atoms with E-state index in [-0.39, 0.29) is 62.0 Å². The van der Waals surface area contributed by atoms with Gasteiger partial charge in [-0.1, -0.05) is 0 Å². The van der Waals surface area contributed by atoms with Crippen molar-refractivity contribution < 1.29 is 90.7 Å². The number of hydrogen-bond donors (Lipinski definition) is 5. The van der Waals surface area contributed by atoms with Crippen molar-refractivity contribution in [1.29, 1.82) is 0 Å². The van der Waals surface area contributed by atoms with Gasteiger partial charge in [0.2, 0.25) is 0 Å². The van der Waals surface area contributed by atoms with Crippen LogP contribution in [-0.2, 0) is 9.13 Å². The largest absolute Gasteiger partial charge is 1.00 e. The van der Waals surface area contributed by atoms with E-state index in [0.717, 1.165) is 4.86 Å². The van der Waals surface area contributed by atoms with Crippen LogP contribution in [-0.4, -0.2) is 19.6 Å². The van der Waals surface area contributed by atoms with Crippen molar-refractivity contribution in [3.05, 3.63) is 0 Å². The molecule has 0 unspecified atom stereocenters. The molecule has 0 aromatic heterocycles. The third-order valence-corrected chi connectivity index (χ3v) is 2.34. The first-order valence-electron chi connectivity index (χ1n) is 1.61. The molecule has 60 valence electrons. The molecule has 0 fully saturated rings. The maximum atomic E-state index is 9.74. The van der Waals surface area contributed by atoms with Gasteiger partial charge in [-0.05, 0) is 0 Å². The molecular formula is H7NNa2O6P2. The molecule has 0 rings (SSSR count). The van der Waals surface area contributed by atoms with Crippen molar-refractivity contribution in [2.45, 2.75) is 0 Å². The molecule has 0 aromatic carbocycles. The van der Waals surface area contributed by atoms with Crippen molar-refractivity contribution in [1.82, 2.24) is 4.86 Å². The second kappa shape index (κ2) is 6.68. The van der Waals surface area contributed by atoms with Crippen LogP contribution >= 0.6 is 15.5 Å². The molecule has 0 heterocycles. The molecule has 11 heteroatoms. The summed E-state index contributed by atoms with van der Waals surface area (Å²) in [5, 5.41) is 0. The first kappa shape index (κ1) is 18.9. The first-order valence-corrected chi connectivity index (χ1v) is 4.84. The van der Waals surface area contributed by atoms with Gasteiger partial charge in [-0.15, -0.1) is 4.86 Å². The van der Waals surface area contributed by atoms with Crippen LogP contribution in [0.15, 0.2) is 0 Å². The molecule has 0 aromatic rings. The minimum atomic E-state index is -4.80. The minimum Gasteiger partial charge on any atom is -1.00 e. The summed E-state index contributed by atoms with van der Waals surface area (Å²) in [5.41, 5.74) is 0. The monoisotopic (exact) mass is 225 g/mol. The molecule has 0 aliphatic carbocycles. The molecule has 0 saturated heterocycles. The van der Waals surface area contributed by atoms with Gasteiger partial charge in [0.15, 0.2) is 0 Å². The van der Waals surface area contributed by atoms with Gasteiger partial charge in [0, 0.05) is 0 Å². The van der Waals surface area contributed by atoms with E-state index < -0.39 is 15.5 Å². The fraction of sp³-hybridized carbons (Fsp3) is 0. The van der Waals surface area contributed by atoms with E-state index in [4.69, 9.17) is 19.6 Å². The Morgan fingerprint density at radius 2 is 1.09 bits per heavy atom. The van der Waals surface area contributed by atoms with E-state index in [0.29, 0.717) is 0 Å². The van der Waals surface area contributed by atoms with E-state index in [2.05, 4.69) is 0 Å². The molecule has 5 N–H and O–H groups in total. The van der Waals surface area contributed by atoms with Crippen LogP contribution in [0.2, 0.25) is 0 Å². The van der Waals surface area contributed by atoms with Crippen molar-refractivity contribution in [2.24, 2.45) is 0 Å². The van der Waals surface area contributed by atoms with Crippen LogP contribution in [0, 0.1) is 0 Å². The van der Waals surface area contributed by atoms with Gasteiger partial charge in [0.05, 0.1) is 0 Å². The van der Waals surface area contributed by atoms with Crippen LogP contribution < -0.4 is 64.0 Å². The predicted molar refractivity (Wildman–Crippen MR) is 29.4 cm³/mol. The molecule has 0 aliphatic heterocycles. The Balaban J connectivity index is -0.0000000533. The number of hydrogen-bond acceptors (Lipinski definition) is 2. The van der Waals surface area contributed by atoms with Gasteiger partial charge in [-0.3, -0.25) is 0 Å². The van der Waals surface area contributed by atoms with E-state index in [1.807, 2.05) is 0 Å². The fourth-order valence-electron chi connectivity index (χ4n) is 0.170. The maximum absolute atomic E-state index is 9.74. The zero-order valence-corrected chi connectivity index (χ0v) is 11.8. The topological polar surface area (TPSA) is 127 Å². The standard InChI is InChI=1S/H5NO6P2.2Na.2H/c2-8(3,4)1-9(5,6)7;;;;/h(H5,1,2,3,4,5,6,7);;;;/q;2*+1;2*-1. The summed E-state index contributed by atoms with van der Waals surface area (Å²) in [4.78, 5) is 32.2. The van der Waals surface area contributed by atoms with E-state index >= 15 is 0 Å². The van der Waals surface area contributed by atoms with E-state index in [9.17, 15) is 9.13 Å². The molecule has 0 aliphatic rings. The number of rotatable bonds is 2. The molecular weight excluding hydrogens is 218 g/mol. The van der Waals surface area contributed by atoms with Crippen molar-refractivity contribution in [2.75, 3.05) is 0 Å². The van der Waals surface area contributed by atoms with Gasteiger partial charge < -0.3 is 22.4 Å². The molecule has 0 atom stereocenters. The third kappa shape index (κ3) is 18.9. The van der Waals surface area contributed by atoms with E-state index in [1.54, 1.807) is 0 Å². The molecule has 0 radical (unpaired) electrons. The molecule has 0 bridgehead atoms. The zero-order valence-electron chi connectivity index (χ0n) is 8.00. The summed E-state index contributed by atoms with van der Waals surface area (Å²) in [5.74, 6) is 0. The van der Waals surface area contributed by atoms with Gasteiger partial charge in [-0.2, -0.15) is 0 Å². The van der Waals surface area contributed by atoms with Crippen molar-refractivity contribution in [3.8, 4) is 0 Å². The smallest absolute Gasteiger partial charge is 1.00 e. The average molecular weight is 225 g/mol. The third-order valence-electron chi connectivity index (χ3n) is 0.261. The van der Waals surface area contributed by atoms with Crippen LogP contribution in [0.25, 0.3) is 0 Å². The van der Waals surface area contributed by atoms with Crippen molar-refractivity contribution >= 4 is 15.5 Å². The fourth-order valence-corrected chi connectivity index (χ4v) is 1.53. The second-order valence-electron chi connectivity index (χ2n) is 1.19. The Kier molecular flexibility index (Phi) is 11.5. The SMILES string of the molecule is O=P(O)(O)NP(=O)(O)O.[H-].[H-].[Na+].[Na+]. The maximum Gasteiger partial charge on any atom is 1.00 e. The summed E-state index contributed by atoms with van der Waals surface area (Å²) >= 11 is 0. The van der Waals surface area contributed by atoms with Crippen LogP contribution in [0.4, 0.5) is 0 Å². The first-order chi connectivity index (χ1) is 3.71. The predicted octanol–water partition coefficient (Wildman–Crippen LogP) is -7.01. The number of nitrogens with one attached hydrogen (secondary N) is 1. The summed E-state index contributed by atoms with van der Waals surface area (Å²) in [6.07, 6.45) is 0. The van der Waals surface area contributed by atoms with Crippen LogP contribution in [0.1, 0.15) is 2.85 Å². The zero-order chi connectivity index (χ0) is 7.71. The van der Waals surface area contributed by atoms with Gasteiger partial charge in [0.1, 0.15) is 0 Å². The Hall–Kier alpha value is 2.26. The minimum absolute atomic E-state index is 0. The van der Waals surface area contributed by atoms with Crippen LogP contribution in [0.5, 0.6) is 0 Å². The molecule has 0 amide bonds. The Morgan fingerprint density at radius 3 is 1.09 bits per heavy atom. The quantitative estimate of drug-likeness (QED) is 0.233. The Morgan fingerprint density at radius 1 is 0.909 bits per heavy atom. The Labute approximate surface area is 110 Å². The normalized spacial score (nSPS) is 11.3. The molecule has 0 saturated carbocycles. The second-order valence-corrected chi connectivity index (χ2v) is 4.16. The summed E-state index contributed by atoms with van der Waals surface area (Å²) in [6.45, 7) is 0. The molecule has 11 heavy (non-hydrogen) atoms. The molecule has 0 spiro atoms. The van der Waals surface area contributed by atoms with Crippen molar-refractivity contribution in [3.63, 3.8) is 0 Å². The van der Waals surface area contributed by atoms with Gasteiger partial charge in [0.25, 0.3) is 0 Å². The summed E-state index contributed by atoms with van der Waals surface area (Å²) in [7, 11) is -9.60. The van der Waals surface area contributed by atoms with E-state index in [1.165, 1.54) is 0 Å². The average Bonchev–Trinajstić information content (AvgIpc) is 1.14.